The van der Waals surface area contributed by atoms with Gasteiger partial charge in [-0.1, -0.05) is 36.4 Å². The Hall–Kier alpha value is -4.19. The summed E-state index contributed by atoms with van der Waals surface area (Å²) in [5, 5.41) is 7.54. The first kappa shape index (κ1) is 20.1. The molecule has 0 fully saturated rings. The Morgan fingerprint density at radius 2 is 1.77 bits per heavy atom. The van der Waals surface area contributed by atoms with Gasteiger partial charge in [0.2, 0.25) is 5.91 Å². The fraction of sp³-hybridized carbons (Fsp3) is 0.0800. The molecule has 31 heavy (non-hydrogen) atoms. The van der Waals surface area contributed by atoms with Crippen LogP contribution in [0, 0.1) is 0 Å². The van der Waals surface area contributed by atoms with Crippen LogP contribution in [-0.2, 0) is 4.79 Å². The Kier molecular flexibility index (Phi) is 6.50. The van der Waals surface area contributed by atoms with E-state index in [2.05, 4.69) is 10.3 Å². The Morgan fingerprint density at radius 3 is 2.52 bits per heavy atom. The van der Waals surface area contributed by atoms with Crippen molar-refractivity contribution in [3.8, 4) is 22.7 Å². The lowest BCUT2D eigenvalue weighted by atomic mass is 10.1. The van der Waals surface area contributed by atoms with Crippen LogP contribution < -0.4 is 10.1 Å². The van der Waals surface area contributed by atoms with Gasteiger partial charge < -0.3 is 10.1 Å². The quantitative estimate of drug-likeness (QED) is 0.350. The summed E-state index contributed by atoms with van der Waals surface area (Å²) in [7, 11) is 0. The van der Waals surface area contributed by atoms with Crippen LogP contribution in [0.3, 0.4) is 0 Å². The van der Waals surface area contributed by atoms with Gasteiger partial charge in [-0.15, -0.1) is 0 Å². The molecule has 2 heterocycles. The molecule has 154 valence electrons. The summed E-state index contributed by atoms with van der Waals surface area (Å²) in [5.74, 6) is 0.586. The molecule has 6 nitrogen and oxygen atoms in total. The SMILES string of the molecule is O=C(/C=C/c1cn(-c2ccccc2)nc1-c1cccnc1)NCCOc1ccccc1. The summed E-state index contributed by atoms with van der Waals surface area (Å²) >= 11 is 0. The lowest BCUT2D eigenvalue weighted by molar-refractivity contribution is -0.116. The highest BCUT2D eigenvalue weighted by molar-refractivity contribution is 5.92. The van der Waals surface area contributed by atoms with E-state index in [1.165, 1.54) is 6.08 Å². The number of hydrogen-bond donors (Lipinski definition) is 1. The number of hydrogen-bond acceptors (Lipinski definition) is 4. The van der Waals surface area contributed by atoms with Crippen LogP contribution in [0.5, 0.6) is 5.75 Å². The maximum absolute atomic E-state index is 12.3. The molecule has 0 aliphatic carbocycles. The van der Waals surface area contributed by atoms with Crippen molar-refractivity contribution in [2.45, 2.75) is 0 Å². The van der Waals surface area contributed by atoms with E-state index in [1.807, 2.05) is 79.0 Å². The van der Waals surface area contributed by atoms with Crippen molar-refractivity contribution in [2.75, 3.05) is 13.2 Å². The molecule has 2 aromatic carbocycles. The van der Waals surface area contributed by atoms with E-state index in [0.717, 1.165) is 28.3 Å². The van der Waals surface area contributed by atoms with Crippen LogP contribution in [0.2, 0.25) is 0 Å². The minimum absolute atomic E-state index is 0.193. The number of rotatable bonds is 8. The summed E-state index contributed by atoms with van der Waals surface area (Å²) < 4.78 is 7.39. The summed E-state index contributed by atoms with van der Waals surface area (Å²) in [6.07, 6.45) is 8.66. The molecule has 0 saturated heterocycles. The number of pyridine rings is 1. The van der Waals surface area contributed by atoms with Crippen molar-refractivity contribution in [1.29, 1.82) is 0 Å². The standard InChI is InChI=1S/C25H22N4O2/c30-24(27-16-17-31-23-11-5-2-6-12-23)14-13-21-19-29(22-9-3-1-4-10-22)28-25(21)20-8-7-15-26-18-20/h1-15,18-19H,16-17H2,(H,27,30)/b14-13+. The minimum atomic E-state index is -0.193. The van der Waals surface area contributed by atoms with Crippen molar-refractivity contribution in [3.63, 3.8) is 0 Å². The molecule has 4 rings (SSSR count). The van der Waals surface area contributed by atoms with E-state index < -0.39 is 0 Å². The molecule has 2 aromatic heterocycles. The number of ether oxygens (including phenoxy) is 1. The van der Waals surface area contributed by atoms with Gasteiger partial charge in [-0.2, -0.15) is 5.10 Å². The lowest BCUT2D eigenvalue weighted by Gasteiger charge is -2.06. The number of carbonyl (C=O) groups excluding carboxylic acids is 1. The summed E-state index contributed by atoms with van der Waals surface area (Å²) in [5.41, 5.74) is 3.41. The summed E-state index contributed by atoms with van der Waals surface area (Å²) in [4.78, 5) is 16.4. The van der Waals surface area contributed by atoms with Gasteiger partial charge in [0.05, 0.1) is 12.2 Å². The third-order valence-electron chi connectivity index (χ3n) is 4.53. The van der Waals surface area contributed by atoms with E-state index >= 15 is 0 Å². The molecular formula is C25H22N4O2. The molecule has 0 radical (unpaired) electrons. The van der Waals surface area contributed by atoms with Crippen molar-refractivity contribution >= 4 is 12.0 Å². The van der Waals surface area contributed by atoms with Gasteiger partial charge >= 0.3 is 0 Å². The van der Waals surface area contributed by atoms with Gasteiger partial charge in [0.15, 0.2) is 0 Å². The Labute approximate surface area is 180 Å². The average molecular weight is 410 g/mol. The zero-order valence-corrected chi connectivity index (χ0v) is 16.9. The second kappa shape index (κ2) is 10.0. The third-order valence-corrected chi connectivity index (χ3v) is 4.53. The van der Waals surface area contributed by atoms with E-state index in [4.69, 9.17) is 9.84 Å². The lowest BCUT2D eigenvalue weighted by Crippen LogP contribution is -2.26. The molecule has 0 aliphatic heterocycles. The van der Waals surface area contributed by atoms with Crippen molar-refractivity contribution < 1.29 is 9.53 Å². The fourth-order valence-electron chi connectivity index (χ4n) is 3.03. The smallest absolute Gasteiger partial charge is 0.244 e. The maximum atomic E-state index is 12.3. The van der Waals surface area contributed by atoms with Crippen molar-refractivity contribution in [2.24, 2.45) is 0 Å². The number of nitrogens with zero attached hydrogens (tertiary/aromatic N) is 3. The molecular weight excluding hydrogens is 388 g/mol. The largest absolute Gasteiger partial charge is 0.492 e. The number of benzene rings is 2. The molecule has 0 saturated carbocycles. The molecule has 1 N–H and O–H groups in total. The number of amides is 1. The molecule has 0 atom stereocenters. The van der Waals surface area contributed by atoms with Gasteiger partial charge in [0.1, 0.15) is 18.1 Å². The van der Waals surface area contributed by atoms with E-state index in [-0.39, 0.29) is 5.91 Å². The van der Waals surface area contributed by atoms with Crippen molar-refractivity contribution in [3.05, 3.63) is 103 Å². The number of carbonyl (C=O) groups is 1. The van der Waals surface area contributed by atoms with Crippen LogP contribution in [0.15, 0.2) is 97.5 Å². The molecule has 0 spiro atoms. The van der Waals surface area contributed by atoms with Gasteiger partial charge in [-0.25, -0.2) is 4.68 Å². The molecule has 0 unspecified atom stereocenters. The van der Waals surface area contributed by atoms with E-state index in [0.29, 0.717) is 13.2 Å². The third kappa shape index (κ3) is 5.45. The predicted octanol–water partition coefficient (Wildman–Crippen LogP) is 4.14. The van der Waals surface area contributed by atoms with E-state index in [9.17, 15) is 4.79 Å². The number of aromatic nitrogens is 3. The summed E-state index contributed by atoms with van der Waals surface area (Å²) in [6, 6.07) is 23.2. The Balaban J connectivity index is 1.44. The molecule has 0 aliphatic rings. The highest BCUT2D eigenvalue weighted by Crippen LogP contribution is 2.24. The molecule has 0 bridgehead atoms. The van der Waals surface area contributed by atoms with Crippen LogP contribution in [0.4, 0.5) is 0 Å². The van der Waals surface area contributed by atoms with Gasteiger partial charge in [0, 0.05) is 35.8 Å². The van der Waals surface area contributed by atoms with E-state index in [1.54, 1.807) is 23.2 Å². The van der Waals surface area contributed by atoms with Gasteiger partial charge in [-0.3, -0.25) is 9.78 Å². The maximum Gasteiger partial charge on any atom is 0.244 e. The Bertz CT molecular complexity index is 1140. The number of nitrogens with one attached hydrogen (secondary N) is 1. The monoisotopic (exact) mass is 410 g/mol. The highest BCUT2D eigenvalue weighted by Gasteiger charge is 2.11. The Morgan fingerprint density at radius 1 is 1.00 bits per heavy atom. The van der Waals surface area contributed by atoms with Crippen molar-refractivity contribution in [1.82, 2.24) is 20.1 Å². The summed E-state index contributed by atoms with van der Waals surface area (Å²) in [6.45, 7) is 0.813. The molecule has 4 aromatic rings. The predicted molar refractivity (Wildman–Crippen MR) is 121 cm³/mol. The topological polar surface area (TPSA) is 69.0 Å². The normalized spacial score (nSPS) is 10.8. The van der Waals surface area contributed by atoms with Crippen LogP contribution >= 0.6 is 0 Å². The van der Waals surface area contributed by atoms with Gasteiger partial charge in [0.25, 0.3) is 0 Å². The van der Waals surface area contributed by atoms with Crippen LogP contribution in [0.1, 0.15) is 5.56 Å². The molecule has 6 heteroatoms. The molecule has 1 amide bonds. The minimum Gasteiger partial charge on any atom is -0.492 e. The first-order valence-corrected chi connectivity index (χ1v) is 9.99. The van der Waals surface area contributed by atoms with Crippen LogP contribution in [0.25, 0.3) is 23.0 Å². The average Bonchev–Trinajstić information content (AvgIpc) is 3.27. The zero-order chi connectivity index (χ0) is 21.3. The van der Waals surface area contributed by atoms with Crippen LogP contribution in [-0.4, -0.2) is 33.8 Å². The second-order valence-electron chi connectivity index (χ2n) is 6.74. The first-order chi connectivity index (χ1) is 15.3. The highest BCUT2D eigenvalue weighted by atomic mass is 16.5. The first-order valence-electron chi connectivity index (χ1n) is 9.99. The van der Waals surface area contributed by atoms with Gasteiger partial charge in [-0.05, 0) is 42.5 Å². The zero-order valence-electron chi connectivity index (χ0n) is 16.9. The second-order valence-corrected chi connectivity index (χ2v) is 6.74. The fourth-order valence-corrected chi connectivity index (χ4v) is 3.03. The number of para-hydroxylation sites is 2.